The number of nitrogens with zero attached hydrogens (tertiary/aromatic N) is 4. The zero-order chi connectivity index (χ0) is 19.5. The van der Waals surface area contributed by atoms with Gasteiger partial charge < -0.3 is 10.2 Å². The molecule has 8 heteroatoms. The molecule has 2 fully saturated rings. The molecule has 1 aromatic heterocycles. The van der Waals surface area contributed by atoms with Gasteiger partial charge in [0.05, 0.1) is 12.2 Å². The summed E-state index contributed by atoms with van der Waals surface area (Å²) in [6.07, 6.45) is 5.14. The largest absolute Gasteiger partial charge is 0.336 e. The van der Waals surface area contributed by atoms with E-state index in [0.717, 1.165) is 38.8 Å². The van der Waals surface area contributed by atoms with Gasteiger partial charge in [0.1, 0.15) is 5.82 Å². The van der Waals surface area contributed by atoms with E-state index >= 15 is 0 Å². The number of nitrogens with one attached hydrogen (secondary N) is 1. The van der Waals surface area contributed by atoms with Crippen LogP contribution in [0.25, 0.3) is 0 Å². The number of hydrogen-bond donors (Lipinski definition) is 1. The maximum atomic E-state index is 13.1. The first-order valence-corrected chi connectivity index (χ1v) is 9.83. The number of halogens is 1. The van der Waals surface area contributed by atoms with Crippen LogP contribution in [-0.2, 0) is 0 Å². The molecule has 0 spiro atoms. The van der Waals surface area contributed by atoms with Crippen LogP contribution >= 0.6 is 0 Å². The Morgan fingerprint density at radius 1 is 1.11 bits per heavy atom. The van der Waals surface area contributed by atoms with Crippen LogP contribution in [0.1, 0.15) is 52.6 Å². The molecule has 148 valence electrons. The van der Waals surface area contributed by atoms with Crippen LogP contribution in [0.3, 0.4) is 0 Å². The molecule has 7 nitrogen and oxygen atoms in total. The van der Waals surface area contributed by atoms with Gasteiger partial charge in [-0.05, 0) is 63.0 Å². The van der Waals surface area contributed by atoms with E-state index in [1.54, 1.807) is 15.8 Å². The summed E-state index contributed by atoms with van der Waals surface area (Å²) in [5.74, 6) is -0.871. The molecule has 1 unspecified atom stereocenters. The summed E-state index contributed by atoms with van der Waals surface area (Å²) < 4.78 is 14.9. The van der Waals surface area contributed by atoms with Crippen molar-refractivity contribution >= 4 is 11.7 Å². The summed E-state index contributed by atoms with van der Waals surface area (Å²) in [5.41, 5.74) is 0.811. The summed E-state index contributed by atoms with van der Waals surface area (Å²) in [5, 5.41) is 11.5. The molecule has 1 aromatic carbocycles. The Kier molecular flexibility index (Phi) is 5.47. The molecule has 2 saturated heterocycles. The highest BCUT2D eigenvalue weighted by molar-refractivity contribution is 5.99. The summed E-state index contributed by atoms with van der Waals surface area (Å²) in [7, 11) is 0. The molecule has 0 aliphatic carbocycles. The second-order valence-electron chi connectivity index (χ2n) is 7.53. The number of likely N-dealkylation sites (tertiary alicyclic amines) is 1. The zero-order valence-corrected chi connectivity index (χ0v) is 15.7. The van der Waals surface area contributed by atoms with Crippen LogP contribution in [0.5, 0.6) is 0 Å². The second kappa shape index (κ2) is 8.18. The highest BCUT2D eigenvalue weighted by Crippen LogP contribution is 2.23. The molecule has 1 N–H and O–H groups in total. The highest BCUT2D eigenvalue weighted by Gasteiger charge is 2.31. The number of piperidine rings is 2. The third-order valence-electron chi connectivity index (χ3n) is 5.62. The number of rotatable bonds is 4. The number of carbonyl (C=O) groups is 2. The number of ketones is 1. The van der Waals surface area contributed by atoms with Crippen LogP contribution in [0.15, 0.2) is 30.5 Å². The van der Waals surface area contributed by atoms with Gasteiger partial charge in [0.2, 0.25) is 0 Å². The molecule has 2 aliphatic rings. The van der Waals surface area contributed by atoms with Gasteiger partial charge in [-0.2, -0.15) is 0 Å². The molecule has 4 rings (SSSR count). The summed E-state index contributed by atoms with van der Waals surface area (Å²) in [6.45, 7) is 2.84. The average Bonchev–Trinajstić information content (AvgIpc) is 3.24. The minimum absolute atomic E-state index is 0.0455. The van der Waals surface area contributed by atoms with E-state index < -0.39 is 0 Å². The van der Waals surface area contributed by atoms with Crippen molar-refractivity contribution in [2.45, 2.75) is 31.7 Å². The standard InChI is InChI=1S/C20H24FN5O2/c21-16-5-3-14(4-6-16)19(27)15-2-1-11-25(12-15)20(28)18-13-26(24-23-18)17-7-9-22-10-8-17/h3-6,13,15,17,22H,1-2,7-12H2. The quantitative estimate of drug-likeness (QED) is 0.815. The fourth-order valence-electron chi connectivity index (χ4n) is 4.01. The number of amides is 1. The lowest BCUT2D eigenvalue weighted by Gasteiger charge is -2.31. The lowest BCUT2D eigenvalue weighted by molar-refractivity contribution is 0.0632. The number of Topliss-reactive ketones (excluding diaryl/α,β-unsaturated/α-hetero) is 1. The van der Waals surface area contributed by atoms with Crippen molar-refractivity contribution < 1.29 is 14.0 Å². The molecule has 28 heavy (non-hydrogen) atoms. The van der Waals surface area contributed by atoms with E-state index in [0.29, 0.717) is 24.3 Å². The monoisotopic (exact) mass is 385 g/mol. The fourth-order valence-corrected chi connectivity index (χ4v) is 4.01. The maximum Gasteiger partial charge on any atom is 0.276 e. The number of benzene rings is 1. The fraction of sp³-hybridized carbons (Fsp3) is 0.500. The SMILES string of the molecule is O=C(c1ccc(F)cc1)C1CCCN(C(=O)c2cn(C3CCNCC3)nn2)C1. The molecule has 0 bridgehead atoms. The van der Waals surface area contributed by atoms with Gasteiger partial charge in [-0.15, -0.1) is 5.10 Å². The molecule has 0 radical (unpaired) electrons. The van der Waals surface area contributed by atoms with Gasteiger partial charge in [0.15, 0.2) is 11.5 Å². The minimum atomic E-state index is -0.367. The van der Waals surface area contributed by atoms with Crippen LogP contribution in [0.2, 0.25) is 0 Å². The van der Waals surface area contributed by atoms with Gasteiger partial charge >= 0.3 is 0 Å². The van der Waals surface area contributed by atoms with E-state index in [4.69, 9.17) is 0 Å². The number of carbonyl (C=O) groups excluding carboxylic acids is 2. The third kappa shape index (κ3) is 3.96. The van der Waals surface area contributed by atoms with Gasteiger partial charge in [-0.25, -0.2) is 9.07 Å². The van der Waals surface area contributed by atoms with Crippen molar-refractivity contribution in [3.05, 3.63) is 47.5 Å². The average molecular weight is 385 g/mol. The predicted molar refractivity (Wildman–Crippen MR) is 101 cm³/mol. The maximum absolute atomic E-state index is 13.1. The number of aromatic nitrogens is 3. The van der Waals surface area contributed by atoms with Crippen molar-refractivity contribution in [3.8, 4) is 0 Å². The van der Waals surface area contributed by atoms with E-state index in [-0.39, 0.29) is 29.5 Å². The summed E-state index contributed by atoms with van der Waals surface area (Å²) in [6, 6.07) is 5.85. The van der Waals surface area contributed by atoms with Gasteiger partial charge in [-0.3, -0.25) is 9.59 Å². The molecule has 0 saturated carbocycles. The van der Waals surface area contributed by atoms with Gasteiger partial charge in [-0.1, -0.05) is 5.21 Å². The topological polar surface area (TPSA) is 80.1 Å². The molecule has 2 aliphatic heterocycles. The predicted octanol–water partition coefficient (Wildman–Crippen LogP) is 2.08. The Morgan fingerprint density at radius 3 is 2.61 bits per heavy atom. The number of hydrogen-bond acceptors (Lipinski definition) is 5. The first-order valence-electron chi connectivity index (χ1n) is 9.83. The second-order valence-corrected chi connectivity index (χ2v) is 7.53. The van der Waals surface area contributed by atoms with Crippen LogP contribution in [0.4, 0.5) is 4.39 Å². The summed E-state index contributed by atoms with van der Waals surface area (Å²) >= 11 is 0. The van der Waals surface area contributed by atoms with E-state index in [2.05, 4.69) is 15.6 Å². The van der Waals surface area contributed by atoms with E-state index in [1.165, 1.54) is 24.3 Å². The molecule has 1 atom stereocenters. The van der Waals surface area contributed by atoms with Crippen molar-refractivity contribution in [2.24, 2.45) is 5.92 Å². The van der Waals surface area contributed by atoms with E-state index in [1.807, 2.05) is 0 Å². The normalized spacial score (nSPS) is 20.9. The van der Waals surface area contributed by atoms with E-state index in [9.17, 15) is 14.0 Å². The Balaban J connectivity index is 1.42. The van der Waals surface area contributed by atoms with Crippen molar-refractivity contribution in [1.82, 2.24) is 25.2 Å². The summed E-state index contributed by atoms with van der Waals surface area (Å²) in [4.78, 5) is 27.3. The highest BCUT2D eigenvalue weighted by atomic mass is 19.1. The first-order chi connectivity index (χ1) is 13.6. The Morgan fingerprint density at radius 2 is 1.86 bits per heavy atom. The van der Waals surface area contributed by atoms with Crippen molar-refractivity contribution in [1.29, 1.82) is 0 Å². The smallest absolute Gasteiger partial charge is 0.276 e. The molecular weight excluding hydrogens is 361 g/mol. The van der Waals surface area contributed by atoms with Crippen LogP contribution in [0, 0.1) is 11.7 Å². The Bertz CT molecular complexity index is 845. The molecular formula is C20H24FN5O2. The van der Waals surface area contributed by atoms with Crippen molar-refractivity contribution in [2.75, 3.05) is 26.2 Å². The van der Waals surface area contributed by atoms with Gasteiger partial charge in [0.25, 0.3) is 5.91 Å². The van der Waals surface area contributed by atoms with Crippen LogP contribution < -0.4 is 5.32 Å². The zero-order valence-electron chi connectivity index (χ0n) is 15.7. The van der Waals surface area contributed by atoms with Gasteiger partial charge in [0, 0.05) is 24.6 Å². The lowest BCUT2D eigenvalue weighted by Crippen LogP contribution is -2.42. The first kappa shape index (κ1) is 18.7. The third-order valence-corrected chi connectivity index (χ3v) is 5.62. The minimum Gasteiger partial charge on any atom is -0.336 e. The lowest BCUT2D eigenvalue weighted by atomic mass is 9.90. The molecule has 1 amide bonds. The van der Waals surface area contributed by atoms with Crippen LogP contribution in [-0.4, -0.2) is 57.8 Å². The Hall–Kier alpha value is -2.61. The molecule has 3 heterocycles. The van der Waals surface area contributed by atoms with Crippen molar-refractivity contribution in [3.63, 3.8) is 0 Å². The Labute approximate surface area is 162 Å². The molecule has 2 aromatic rings.